The number of carbonyl (C=O) groups excluding carboxylic acids is 6. The molecule has 468 valence electrons. The number of esters is 1. The van der Waals surface area contributed by atoms with E-state index in [9.17, 15) is 14.4 Å². The van der Waals surface area contributed by atoms with Gasteiger partial charge >= 0.3 is 12.1 Å². The number of nitrogens with zero attached hydrogens (tertiary/aromatic N) is 3. The number of hydrogen-bond acceptors (Lipinski definition) is 8. The van der Waals surface area contributed by atoms with Gasteiger partial charge in [0.25, 0.3) is 0 Å². The zero-order chi connectivity index (χ0) is 63.0. The number of amides is 5. The van der Waals surface area contributed by atoms with E-state index in [1.54, 1.807) is 17.9 Å². The maximum Gasteiger partial charge on any atom is 0.407 e. The largest absolute Gasteiger partial charge is 0.449 e. The fraction of sp³-hybridized carbons (Fsp3) is 0.368. The lowest BCUT2D eigenvalue weighted by Crippen LogP contribution is -2.60. The van der Waals surface area contributed by atoms with Crippen LogP contribution in [0.4, 0.5) is 4.79 Å². The van der Waals surface area contributed by atoms with Gasteiger partial charge in [0.2, 0.25) is 23.6 Å². The first-order valence-electron chi connectivity index (χ1n) is 32.2. The van der Waals surface area contributed by atoms with E-state index in [2.05, 4.69) is 22.8 Å². The fourth-order valence-electron chi connectivity index (χ4n) is 13.6. The Hall–Kier alpha value is -8.55. The molecule has 0 bridgehead atoms. The molecule has 5 atom stereocenters. The van der Waals surface area contributed by atoms with E-state index in [0.717, 1.165) is 72.8 Å². The minimum Gasteiger partial charge on any atom is -0.449 e. The Labute approximate surface area is 535 Å². The molecule has 1 heterocycles. The Bertz CT molecular complexity index is 3510. The van der Waals surface area contributed by atoms with E-state index in [1.807, 2.05) is 170 Å². The number of benzene rings is 7. The van der Waals surface area contributed by atoms with E-state index < -0.39 is 66.0 Å². The van der Waals surface area contributed by atoms with Crippen LogP contribution in [0, 0.1) is 0 Å². The first-order chi connectivity index (χ1) is 43.8. The Morgan fingerprint density at radius 3 is 1.63 bits per heavy atom. The Morgan fingerprint density at radius 2 is 1.04 bits per heavy atom. The summed E-state index contributed by atoms with van der Waals surface area (Å²) in [4.78, 5) is 94.5. The summed E-state index contributed by atoms with van der Waals surface area (Å²) in [5, 5.41) is 6.07. The highest BCUT2D eigenvalue weighted by molar-refractivity contribution is 6.31. The summed E-state index contributed by atoms with van der Waals surface area (Å²) < 4.78 is 13.1. The van der Waals surface area contributed by atoms with Crippen LogP contribution in [-0.2, 0) is 51.9 Å². The monoisotopic (exact) mass is 1230 g/mol. The van der Waals surface area contributed by atoms with Crippen molar-refractivity contribution in [2.45, 2.75) is 145 Å². The molecule has 1 saturated heterocycles. The summed E-state index contributed by atoms with van der Waals surface area (Å²) in [6.45, 7) is 2.77. The summed E-state index contributed by atoms with van der Waals surface area (Å²) in [6.07, 6.45) is 11.9. The van der Waals surface area contributed by atoms with Crippen molar-refractivity contribution in [2.24, 2.45) is 0 Å². The Morgan fingerprint density at radius 1 is 0.556 bits per heavy atom. The van der Waals surface area contributed by atoms with E-state index in [0.29, 0.717) is 46.3 Å². The van der Waals surface area contributed by atoms with E-state index in [1.165, 1.54) is 61.6 Å². The lowest BCUT2D eigenvalue weighted by Gasteiger charge is -2.37. The molecule has 0 radical (unpaired) electrons. The van der Waals surface area contributed by atoms with Crippen molar-refractivity contribution < 1.29 is 38.2 Å². The van der Waals surface area contributed by atoms with Gasteiger partial charge in [-0.1, -0.05) is 239 Å². The summed E-state index contributed by atoms with van der Waals surface area (Å²) in [7, 11) is 2.99. The molecular weight excluding hydrogens is 1150 g/mol. The molecule has 2 fully saturated rings. The first-order valence-corrected chi connectivity index (χ1v) is 32.6. The molecule has 2 aliphatic carbocycles. The second kappa shape index (κ2) is 30.8. The van der Waals surface area contributed by atoms with Crippen LogP contribution < -0.4 is 10.6 Å². The maximum atomic E-state index is 15.9. The molecule has 0 spiro atoms. The lowest BCUT2D eigenvalue weighted by molar-refractivity contribution is -0.156. The molecule has 90 heavy (non-hydrogen) atoms. The number of rotatable bonds is 21. The lowest BCUT2D eigenvalue weighted by atomic mass is 9.78. The van der Waals surface area contributed by atoms with E-state index in [4.69, 9.17) is 21.1 Å². The highest BCUT2D eigenvalue weighted by Gasteiger charge is 2.45. The molecule has 0 aromatic heterocycles. The fourth-order valence-corrected chi connectivity index (χ4v) is 13.9. The second-order valence-electron chi connectivity index (χ2n) is 24.5. The molecular formula is C76H84ClN5O8. The molecule has 10 rings (SSSR count). The van der Waals surface area contributed by atoms with Crippen LogP contribution in [0.15, 0.2) is 188 Å². The summed E-state index contributed by atoms with van der Waals surface area (Å²) in [5.41, 5.74) is 6.74. The molecule has 1 aliphatic heterocycles. The predicted molar refractivity (Wildman–Crippen MR) is 353 cm³/mol. The average molecular weight is 1230 g/mol. The number of fused-ring (bicyclic) bond motifs is 3. The molecule has 3 aliphatic rings. The van der Waals surface area contributed by atoms with Gasteiger partial charge in [0.1, 0.15) is 30.8 Å². The van der Waals surface area contributed by atoms with Gasteiger partial charge in [-0.15, -0.1) is 0 Å². The zero-order valence-electron chi connectivity index (χ0n) is 52.1. The molecule has 7 aromatic carbocycles. The standard InChI is InChI=1S/C76H84ClN5O8/c1-53(72(85)82-47-27-12-28-48-82)78-71(84)68(49-54-29-13-9-14-30-54)80(2)74(87)69(50-55-31-15-10-16-32-55)81(3)73(86)67(79-75(88)89-52-64-62-39-23-21-37-60(62)61-38-22-24-40-63(61)64)51-70(83)90-76(58-35-19-11-20-36-58,65-41-25-26-42-66(65)77)59-45-43-57(44-46-59)56-33-17-7-5-4-6-8-18-34-56/h9-11,13-16,19-26,29-32,35-46,53,56,64,67-69H,4-8,12,17-18,27-28,33-34,47-52H2,1-3H3,(H,78,84)(H,79,88)/t53-,67?,68-,69-,76?/m0/s1. The Balaban J connectivity index is 0.998. The Kier molecular flexibility index (Phi) is 22.0. The number of halogens is 1. The molecule has 2 N–H and O–H groups in total. The summed E-state index contributed by atoms with van der Waals surface area (Å²) in [6, 6.07) is 54.3. The molecule has 2 unspecified atom stereocenters. The van der Waals surface area contributed by atoms with E-state index in [-0.39, 0.29) is 31.3 Å². The number of carbonyl (C=O) groups is 6. The minimum atomic E-state index is -1.67. The van der Waals surface area contributed by atoms with Crippen molar-refractivity contribution in [3.8, 4) is 11.1 Å². The quantitative estimate of drug-likeness (QED) is 0.0532. The van der Waals surface area contributed by atoms with Crippen molar-refractivity contribution in [3.63, 3.8) is 0 Å². The van der Waals surface area contributed by atoms with Crippen molar-refractivity contribution in [2.75, 3.05) is 33.8 Å². The van der Waals surface area contributed by atoms with Crippen molar-refractivity contribution in [1.82, 2.24) is 25.3 Å². The van der Waals surface area contributed by atoms with Gasteiger partial charge in [-0.2, -0.15) is 0 Å². The average Bonchev–Trinajstić information content (AvgIpc) is 1.28. The second-order valence-corrected chi connectivity index (χ2v) is 24.9. The van der Waals surface area contributed by atoms with Crippen molar-refractivity contribution in [3.05, 3.63) is 238 Å². The maximum absolute atomic E-state index is 15.9. The van der Waals surface area contributed by atoms with Gasteiger partial charge < -0.3 is 34.8 Å². The van der Waals surface area contributed by atoms with Crippen LogP contribution in [0.3, 0.4) is 0 Å². The van der Waals surface area contributed by atoms with Crippen LogP contribution >= 0.6 is 11.6 Å². The molecule has 14 heteroatoms. The minimum absolute atomic E-state index is 0.0155. The number of nitrogens with one attached hydrogen (secondary N) is 2. The highest BCUT2D eigenvalue weighted by atomic mass is 35.5. The number of hydrogen-bond donors (Lipinski definition) is 2. The van der Waals surface area contributed by atoms with Crippen LogP contribution in [-0.4, -0.2) is 108 Å². The van der Waals surface area contributed by atoms with E-state index >= 15 is 14.4 Å². The SMILES string of the molecule is C[C@H](NC(=O)[C@H](Cc1ccccc1)N(C)C(=O)[C@H](Cc1ccccc1)N(C)C(=O)C(CC(=O)OC(c1ccccc1)(c1ccc(C2CCCCCCCCC2)cc1)c1ccccc1Cl)NC(=O)OCC1c2ccccc2-c2ccccc21)C(=O)N1CCCCC1. The summed E-state index contributed by atoms with van der Waals surface area (Å²) >= 11 is 7.24. The molecule has 1 saturated carbocycles. The van der Waals surface area contributed by atoms with Gasteiger partial charge in [-0.25, -0.2) is 4.79 Å². The molecule has 7 aromatic rings. The number of likely N-dealkylation sites (N-methyl/N-ethyl adjacent to an activating group) is 2. The van der Waals surface area contributed by atoms with Crippen LogP contribution in [0.2, 0.25) is 5.02 Å². The number of likely N-dealkylation sites (tertiary alicyclic amines) is 1. The smallest absolute Gasteiger partial charge is 0.407 e. The predicted octanol–water partition coefficient (Wildman–Crippen LogP) is 13.7. The third-order valence-corrected chi connectivity index (χ3v) is 18.9. The normalized spacial score (nSPS) is 16.5. The third kappa shape index (κ3) is 15.4. The highest BCUT2D eigenvalue weighted by Crippen LogP contribution is 2.46. The van der Waals surface area contributed by atoms with Crippen LogP contribution in [0.1, 0.15) is 147 Å². The zero-order valence-corrected chi connectivity index (χ0v) is 52.8. The summed E-state index contributed by atoms with van der Waals surface area (Å²) in [5.74, 6) is -2.96. The van der Waals surface area contributed by atoms with Gasteiger partial charge in [0.15, 0.2) is 5.60 Å². The number of ether oxygens (including phenoxy) is 2. The topological polar surface area (TPSA) is 155 Å². The third-order valence-electron chi connectivity index (χ3n) is 18.6. The van der Waals surface area contributed by atoms with Crippen LogP contribution in [0.25, 0.3) is 11.1 Å². The number of alkyl carbamates (subject to hydrolysis) is 1. The van der Waals surface area contributed by atoms with Gasteiger partial charge in [-0.3, -0.25) is 24.0 Å². The van der Waals surface area contributed by atoms with Gasteiger partial charge in [-0.05, 0) is 90.0 Å². The van der Waals surface area contributed by atoms with Gasteiger partial charge in [0, 0.05) is 67.7 Å². The van der Waals surface area contributed by atoms with Gasteiger partial charge in [0.05, 0.1) is 6.42 Å². The first kappa shape index (κ1) is 64.4. The molecule has 13 nitrogen and oxygen atoms in total. The van der Waals surface area contributed by atoms with Crippen molar-refractivity contribution >= 4 is 47.3 Å². The van der Waals surface area contributed by atoms with Crippen molar-refractivity contribution in [1.29, 1.82) is 0 Å². The van der Waals surface area contributed by atoms with Crippen LogP contribution in [0.5, 0.6) is 0 Å². The number of piperidine rings is 1. The molecule has 5 amide bonds.